The van der Waals surface area contributed by atoms with E-state index in [1.54, 1.807) is 49.4 Å². The van der Waals surface area contributed by atoms with Gasteiger partial charge in [0.25, 0.3) is 11.8 Å². The van der Waals surface area contributed by atoms with Crippen LogP contribution in [0.25, 0.3) is 0 Å². The van der Waals surface area contributed by atoms with Gasteiger partial charge in [-0.15, -0.1) is 11.3 Å². The number of amides is 4. The normalized spacial score (nSPS) is 10.2. The van der Waals surface area contributed by atoms with E-state index < -0.39 is 0 Å². The number of benzene rings is 1. The predicted molar refractivity (Wildman–Crippen MR) is 108 cm³/mol. The Labute approximate surface area is 164 Å². The van der Waals surface area contributed by atoms with Crippen molar-refractivity contribution in [3.63, 3.8) is 0 Å². The maximum absolute atomic E-state index is 12.6. The van der Waals surface area contributed by atoms with Gasteiger partial charge < -0.3 is 25.7 Å². The first-order chi connectivity index (χ1) is 13.5. The van der Waals surface area contributed by atoms with Crippen LogP contribution in [0.15, 0.2) is 53.1 Å². The molecule has 0 unspecified atom stereocenters. The van der Waals surface area contributed by atoms with Crippen molar-refractivity contribution in [3.8, 4) is 0 Å². The van der Waals surface area contributed by atoms with Gasteiger partial charge in [0.2, 0.25) is 0 Å². The van der Waals surface area contributed by atoms with Crippen LogP contribution in [0.3, 0.4) is 0 Å². The van der Waals surface area contributed by atoms with Crippen molar-refractivity contribution in [2.75, 3.05) is 23.0 Å². The fourth-order valence-corrected chi connectivity index (χ4v) is 3.37. The average molecular weight is 398 g/mol. The van der Waals surface area contributed by atoms with Crippen molar-refractivity contribution in [2.45, 2.75) is 6.92 Å². The van der Waals surface area contributed by atoms with E-state index in [2.05, 4.69) is 21.3 Å². The Bertz CT molecular complexity index is 1010. The van der Waals surface area contributed by atoms with Gasteiger partial charge in [0, 0.05) is 18.4 Å². The van der Waals surface area contributed by atoms with E-state index in [0.717, 1.165) is 5.56 Å². The molecule has 2 aromatic heterocycles. The summed E-state index contributed by atoms with van der Waals surface area (Å²) in [4.78, 5) is 36.6. The van der Waals surface area contributed by atoms with Crippen LogP contribution in [0.1, 0.15) is 25.8 Å². The van der Waals surface area contributed by atoms with Crippen LogP contribution in [0.5, 0.6) is 0 Å². The molecule has 0 atom stereocenters. The zero-order valence-electron chi connectivity index (χ0n) is 15.2. The first-order valence-electron chi connectivity index (χ1n) is 8.31. The summed E-state index contributed by atoms with van der Waals surface area (Å²) in [5.74, 6) is -0.498. The molecule has 0 fully saturated rings. The Morgan fingerprint density at radius 1 is 0.929 bits per heavy atom. The number of carbonyl (C=O) groups excluding carboxylic acids is 3. The Balaban J connectivity index is 1.69. The second-order valence-corrected chi connectivity index (χ2v) is 6.85. The summed E-state index contributed by atoms with van der Waals surface area (Å²) in [6, 6.07) is 11.4. The van der Waals surface area contributed by atoms with E-state index in [1.165, 1.54) is 24.6 Å². The highest BCUT2D eigenvalue weighted by molar-refractivity contribution is 7.18. The molecule has 144 valence electrons. The van der Waals surface area contributed by atoms with Crippen LogP contribution < -0.4 is 21.3 Å². The van der Waals surface area contributed by atoms with Crippen molar-refractivity contribution in [2.24, 2.45) is 0 Å². The number of furan rings is 1. The van der Waals surface area contributed by atoms with Gasteiger partial charge >= 0.3 is 6.03 Å². The minimum absolute atomic E-state index is 0.192. The highest BCUT2D eigenvalue weighted by Crippen LogP contribution is 2.28. The molecule has 28 heavy (non-hydrogen) atoms. The fraction of sp³-hybridized carbons (Fsp3) is 0.105. The number of aryl methyl sites for hydroxylation is 1. The van der Waals surface area contributed by atoms with Crippen LogP contribution in [0, 0.1) is 6.92 Å². The highest BCUT2D eigenvalue weighted by Gasteiger charge is 2.17. The van der Waals surface area contributed by atoms with Crippen LogP contribution in [0.2, 0.25) is 0 Å². The molecule has 0 aliphatic carbocycles. The maximum Gasteiger partial charge on any atom is 0.318 e. The summed E-state index contributed by atoms with van der Waals surface area (Å²) in [7, 11) is 1.52. The first kappa shape index (κ1) is 19.2. The zero-order valence-corrected chi connectivity index (χ0v) is 16.0. The van der Waals surface area contributed by atoms with Gasteiger partial charge in [-0.25, -0.2) is 4.79 Å². The first-order valence-corrected chi connectivity index (χ1v) is 9.13. The van der Waals surface area contributed by atoms with Gasteiger partial charge in [-0.05, 0) is 48.9 Å². The molecule has 0 saturated carbocycles. The molecular formula is C19H18N4O4S. The fourth-order valence-electron chi connectivity index (χ4n) is 2.41. The van der Waals surface area contributed by atoms with Gasteiger partial charge in [-0.1, -0.05) is 6.07 Å². The Morgan fingerprint density at radius 2 is 1.68 bits per heavy atom. The van der Waals surface area contributed by atoms with Crippen LogP contribution in [-0.4, -0.2) is 24.9 Å². The topological polar surface area (TPSA) is 112 Å². The largest absolute Gasteiger partial charge is 0.459 e. The van der Waals surface area contributed by atoms with E-state index in [4.69, 9.17) is 4.42 Å². The second kappa shape index (κ2) is 8.40. The number of rotatable bonds is 5. The molecule has 9 heteroatoms. The third kappa shape index (κ3) is 4.57. The quantitative estimate of drug-likeness (QED) is 0.522. The van der Waals surface area contributed by atoms with Gasteiger partial charge in [-0.3, -0.25) is 9.59 Å². The summed E-state index contributed by atoms with van der Waals surface area (Å²) >= 11 is 1.17. The molecule has 1 aromatic carbocycles. The molecule has 3 rings (SSSR count). The Hall–Kier alpha value is -3.59. The summed E-state index contributed by atoms with van der Waals surface area (Å²) in [5, 5.41) is 11.1. The lowest BCUT2D eigenvalue weighted by Gasteiger charge is -2.08. The van der Waals surface area contributed by atoms with Gasteiger partial charge in [-0.2, -0.15) is 0 Å². The minimum Gasteiger partial charge on any atom is -0.459 e. The van der Waals surface area contributed by atoms with Gasteiger partial charge in [0.15, 0.2) is 5.76 Å². The number of nitrogens with one attached hydrogen (secondary N) is 4. The van der Waals surface area contributed by atoms with Gasteiger partial charge in [0.1, 0.15) is 0 Å². The molecule has 0 bridgehead atoms. The zero-order chi connectivity index (χ0) is 20.1. The van der Waals surface area contributed by atoms with E-state index in [0.29, 0.717) is 21.3 Å². The number of hydrogen-bond acceptors (Lipinski definition) is 5. The van der Waals surface area contributed by atoms with Gasteiger partial charge in [0.05, 0.1) is 16.1 Å². The molecule has 4 N–H and O–H groups in total. The van der Waals surface area contributed by atoms with E-state index in [9.17, 15) is 14.4 Å². The summed E-state index contributed by atoms with van der Waals surface area (Å²) in [6.07, 6.45) is 1.42. The number of hydrogen-bond donors (Lipinski definition) is 4. The third-order valence-corrected chi connectivity index (χ3v) is 4.86. The molecule has 8 nitrogen and oxygen atoms in total. The van der Waals surface area contributed by atoms with Crippen molar-refractivity contribution < 1.29 is 18.8 Å². The van der Waals surface area contributed by atoms with E-state index in [1.807, 2.05) is 0 Å². The second-order valence-electron chi connectivity index (χ2n) is 5.79. The molecule has 4 amide bonds. The Kier molecular flexibility index (Phi) is 5.75. The third-order valence-electron chi connectivity index (χ3n) is 3.71. The predicted octanol–water partition coefficient (Wildman–Crippen LogP) is 3.91. The molecular weight excluding hydrogens is 380 g/mol. The van der Waals surface area contributed by atoms with Crippen LogP contribution >= 0.6 is 11.3 Å². The SMILES string of the molecule is CNC(=O)Nc1cccc(NC(=O)c2sc(NC(=O)c3ccco3)cc2C)c1. The monoisotopic (exact) mass is 398 g/mol. The minimum atomic E-state index is -0.383. The lowest BCUT2D eigenvalue weighted by Crippen LogP contribution is -2.24. The standard InChI is InChI=1S/C19H18N4O4S/c1-11-9-15(23-17(24)14-7-4-8-27-14)28-16(11)18(25)21-12-5-3-6-13(10-12)22-19(26)20-2/h3-10H,1-2H3,(H,21,25)(H,23,24)(H2,20,22,26). The average Bonchev–Trinajstić information content (AvgIpc) is 3.32. The number of carbonyl (C=O) groups is 3. The molecule has 2 heterocycles. The number of urea groups is 1. The Morgan fingerprint density at radius 3 is 2.36 bits per heavy atom. The molecule has 0 saturated heterocycles. The molecule has 0 aliphatic heterocycles. The van der Waals surface area contributed by atoms with Crippen LogP contribution in [-0.2, 0) is 0 Å². The summed E-state index contributed by atoms with van der Waals surface area (Å²) in [5.41, 5.74) is 1.82. The van der Waals surface area contributed by atoms with Crippen molar-refractivity contribution in [1.82, 2.24) is 5.32 Å². The van der Waals surface area contributed by atoms with E-state index >= 15 is 0 Å². The number of thiophene rings is 1. The van der Waals surface area contributed by atoms with Crippen molar-refractivity contribution >= 4 is 45.6 Å². The van der Waals surface area contributed by atoms with Crippen molar-refractivity contribution in [3.05, 3.63) is 64.9 Å². The molecule has 0 aliphatic rings. The van der Waals surface area contributed by atoms with Crippen LogP contribution in [0.4, 0.5) is 21.2 Å². The van der Waals surface area contributed by atoms with E-state index in [-0.39, 0.29) is 23.6 Å². The smallest absolute Gasteiger partial charge is 0.318 e. The van der Waals surface area contributed by atoms with Crippen molar-refractivity contribution in [1.29, 1.82) is 0 Å². The molecule has 0 spiro atoms. The molecule has 3 aromatic rings. The molecule has 0 radical (unpaired) electrons. The lowest BCUT2D eigenvalue weighted by atomic mass is 10.2. The number of anilines is 3. The summed E-state index contributed by atoms with van der Waals surface area (Å²) in [6.45, 7) is 1.79. The lowest BCUT2D eigenvalue weighted by molar-refractivity contribution is 0.0995. The maximum atomic E-state index is 12.6. The summed E-state index contributed by atoms with van der Waals surface area (Å²) < 4.78 is 5.06. The highest BCUT2D eigenvalue weighted by atomic mass is 32.1.